The van der Waals surface area contributed by atoms with Crippen molar-refractivity contribution in [2.45, 2.75) is 118 Å². The Hall–Kier alpha value is -6.64. The van der Waals surface area contributed by atoms with Crippen LogP contribution >= 0.6 is 39.1 Å². The third-order valence-corrected chi connectivity index (χ3v) is 14.5. The van der Waals surface area contributed by atoms with Crippen LogP contribution in [0.15, 0.2) is 110 Å². The lowest BCUT2D eigenvalue weighted by molar-refractivity contribution is 0.0167. The highest BCUT2D eigenvalue weighted by atomic mass is 79.9. The van der Waals surface area contributed by atoms with Gasteiger partial charge in [0.2, 0.25) is 0 Å². The number of rotatable bonds is 4. The Bertz CT molecular complexity index is 3130. The van der Waals surface area contributed by atoms with Crippen LogP contribution in [0.2, 0.25) is 10.0 Å². The SMILES string of the molecule is C.C.C#CCn1ccnc1.CC(C)(C)OC(=O)N1CCC(C2c3ccc(Cl)cc3C=C(Br)c3cccnc32)CC1.CC(C)(C)OC(=O)N1CCC(C2c3ccc(Cl)cc3C=C(C#CCn3ccnc3)c3cccnc32)CC1. The highest BCUT2D eigenvalue weighted by molar-refractivity contribution is 9.15. The van der Waals surface area contributed by atoms with Gasteiger partial charge in [-0.25, -0.2) is 19.6 Å². The van der Waals surface area contributed by atoms with E-state index in [0.29, 0.717) is 56.1 Å². The Morgan fingerprint density at radius 1 is 0.662 bits per heavy atom. The number of allylic oxidation sites excluding steroid dienone is 1. The molecule has 2 aromatic carbocycles. The van der Waals surface area contributed by atoms with Crippen molar-refractivity contribution in [2.75, 3.05) is 26.2 Å². The standard InChI is InChI=1S/C30H31ClN4O2.C24H26BrClN2O2.C6H6N2.2CH4/c1-30(2,3)37-29(36)35-15-10-21(11-16-35)27-25-9-8-24(31)19-23(25)18-22(26-7-4-12-33-28(26)27)6-5-14-34-17-13-32-20-34;1-24(2,3)30-23(29)28-11-8-15(9-12-28)21-18-7-6-17(26)13-16(18)14-20(25)19-5-4-10-27-22(19)21;1-2-4-8-5-3-7-6-8;;/h4,7-9,12-13,17-21,27H,10-11,14-16H2,1-3H3;4-7,10,13-15,21H,8-9,11-12H2,1-3H3;1,3,5-6H,4H2;2*1H4. The van der Waals surface area contributed by atoms with E-state index in [2.05, 4.69) is 80.1 Å². The number of pyridine rings is 2. The summed E-state index contributed by atoms with van der Waals surface area (Å²) in [6.45, 7) is 15.3. The molecule has 2 unspecified atom stereocenters. The average Bonchev–Trinajstić information content (AvgIpc) is 4.06. The molecule has 0 saturated carbocycles. The second-order valence-corrected chi connectivity index (χ2v) is 22.7. The fourth-order valence-electron chi connectivity index (χ4n) is 10.0. The number of ether oxygens (including phenoxy) is 2. The fraction of sp³-hybridized carbons (Fsp3) is 0.387. The van der Waals surface area contributed by atoms with E-state index in [0.717, 1.165) is 74.4 Å². The van der Waals surface area contributed by atoms with Gasteiger partial charge in [-0.3, -0.25) is 9.97 Å². The predicted octanol–water partition coefficient (Wildman–Crippen LogP) is 14.8. The number of aromatic nitrogens is 6. The molecule has 0 spiro atoms. The molecule has 6 heterocycles. The van der Waals surface area contributed by atoms with Crippen molar-refractivity contribution >= 4 is 73.5 Å². The summed E-state index contributed by atoms with van der Waals surface area (Å²) in [6.07, 6.45) is 26.7. The number of hydrogen-bond acceptors (Lipinski definition) is 8. The number of nitrogens with zero attached hydrogens (tertiary/aromatic N) is 8. The molecule has 2 amide bonds. The van der Waals surface area contributed by atoms with E-state index in [4.69, 9.17) is 49.1 Å². The largest absolute Gasteiger partial charge is 0.444 e. The Labute approximate surface area is 474 Å². The number of benzene rings is 2. The van der Waals surface area contributed by atoms with Gasteiger partial charge in [0, 0.05) is 106 Å². The summed E-state index contributed by atoms with van der Waals surface area (Å²) in [7, 11) is 0. The zero-order valence-electron chi connectivity index (χ0n) is 43.3. The maximum absolute atomic E-state index is 12.7. The molecule has 2 aliphatic heterocycles. The van der Waals surface area contributed by atoms with Crippen molar-refractivity contribution in [3.05, 3.63) is 165 Å². The molecular formula is C62H71BrCl2N8O4. The van der Waals surface area contributed by atoms with Gasteiger partial charge in [0.1, 0.15) is 11.2 Å². The van der Waals surface area contributed by atoms with Gasteiger partial charge in [-0.05, 0) is 150 Å². The molecule has 0 bridgehead atoms. The number of hydrogen-bond donors (Lipinski definition) is 0. The van der Waals surface area contributed by atoms with Gasteiger partial charge in [-0.1, -0.05) is 96.0 Å². The number of imidazole rings is 2. The molecule has 77 heavy (non-hydrogen) atoms. The first kappa shape index (κ1) is 59.6. The van der Waals surface area contributed by atoms with Crippen LogP contribution in [0.3, 0.4) is 0 Å². The minimum Gasteiger partial charge on any atom is -0.444 e. The number of amides is 2. The number of terminal acetylenes is 1. The zero-order chi connectivity index (χ0) is 53.3. The van der Waals surface area contributed by atoms with Crippen LogP contribution in [-0.2, 0) is 22.6 Å². The summed E-state index contributed by atoms with van der Waals surface area (Å²) < 4.78 is 16.0. The lowest BCUT2D eigenvalue weighted by Gasteiger charge is -2.37. The molecule has 0 radical (unpaired) electrons. The second-order valence-electron chi connectivity index (χ2n) is 21.0. The van der Waals surface area contributed by atoms with Crippen molar-refractivity contribution < 1.29 is 19.1 Å². The Morgan fingerprint density at radius 2 is 1.12 bits per heavy atom. The topological polar surface area (TPSA) is 120 Å². The van der Waals surface area contributed by atoms with E-state index in [1.807, 2.05) is 122 Å². The second kappa shape index (κ2) is 26.6. The molecule has 10 rings (SSSR count). The van der Waals surface area contributed by atoms with E-state index in [1.54, 1.807) is 25.0 Å². The highest BCUT2D eigenvalue weighted by Gasteiger charge is 2.38. The molecule has 4 aliphatic rings. The van der Waals surface area contributed by atoms with Gasteiger partial charge >= 0.3 is 12.2 Å². The molecule has 0 N–H and O–H groups in total. The molecule has 2 atom stereocenters. The molecular weight excluding hydrogens is 1070 g/mol. The third kappa shape index (κ3) is 15.5. The van der Waals surface area contributed by atoms with Gasteiger partial charge in [0.05, 0.1) is 37.1 Å². The Kier molecular flexibility index (Phi) is 20.6. The maximum Gasteiger partial charge on any atom is 0.410 e. The summed E-state index contributed by atoms with van der Waals surface area (Å²) in [5.41, 5.74) is 8.85. The van der Waals surface area contributed by atoms with Gasteiger partial charge in [-0.2, -0.15) is 0 Å². The fourth-order valence-corrected chi connectivity index (χ4v) is 11.0. The van der Waals surface area contributed by atoms with E-state index in [9.17, 15) is 9.59 Å². The molecule has 4 aromatic heterocycles. The summed E-state index contributed by atoms with van der Waals surface area (Å²) >= 11 is 16.5. The van der Waals surface area contributed by atoms with Crippen molar-refractivity contribution in [2.24, 2.45) is 11.8 Å². The minimum absolute atomic E-state index is 0. The van der Waals surface area contributed by atoms with Crippen LogP contribution in [0.4, 0.5) is 9.59 Å². The number of carbonyl (C=O) groups is 2. The Balaban J connectivity index is 0.000000216. The summed E-state index contributed by atoms with van der Waals surface area (Å²) in [5, 5.41) is 1.42. The Morgan fingerprint density at radius 3 is 1.57 bits per heavy atom. The number of halogens is 3. The van der Waals surface area contributed by atoms with Gasteiger partial charge in [0.25, 0.3) is 0 Å². The lowest BCUT2D eigenvalue weighted by atomic mass is 9.76. The molecule has 12 nitrogen and oxygen atoms in total. The average molecular weight is 1140 g/mol. The van der Waals surface area contributed by atoms with Gasteiger partial charge in [-0.15, -0.1) is 6.42 Å². The normalized spacial score (nSPS) is 16.9. The first-order chi connectivity index (χ1) is 35.9. The van der Waals surface area contributed by atoms with E-state index < -0.39 is 11.2 Å². The number of piperidine rings is 2. The first-order valence-corrected chi connectivity index (χ1v) is 26.9. The van der Waals surface area contributed by atoms with E-state index >= 15 is 0 Å². The molecule has 2 saturated heterocycles. The van der Waals surface area contributed by atoms with Crippen LogP contribution in [-0.4, -0.2) is 88.4 Å². The lowest BCUT2D eigenvalue weighted by Crippen LogP contribution is -2.42. The predicted molar refractivity (Wildman–Crippen MR) is 315 cm³/mol. The van der Waals surface area contributed by atoms with E-state index in [-0.39, 0.29) is 38.9 Å². The van der Waals surface area contributed by atoms with Crippen LogP contribution in [0.25, 0.3) is 22.2 Å². The highest BCUT2D eigenvalue weighted by Crippen LogP contribution is 2.47. The first-order valence-electron chi connectivity index (χ1n) is 25.3. The molecule has 6 aromatic rings. The monoisotopic (exact) mass is 1140 g/mol. The van der Waals surface area contributed by atoms with Crippen molar-refractivity contribution in [3.63, 3.8) is 0 Å². The number of likely N-dealkylation sites (tertiary alicyclic amines) is 2. The maximum atomic E-state index is 12.7. The number of carbonyl (C=O) groups excluding carboxylic acids is 2. The molecule has 2 aliphatic carbocycles. The summed E-state index contributed by atoms with van der Waals surface area (Å²) in [4.78, 5) is 46.4. The van der Waals surface area contributed by atoms with Crippen LogP contribution < -0.4 is 0 Å². The molecule has 2 fully saturated rings. The van der Waals surface area contributed by atoms with Crippen LogP contribution in [0, 0.1) is 36.0 Å². The summed E-state index contributed by atoms with van der Waals surface area (Å²) in [6, 6.07) is 20.4. The van der Waals surface area contributed by atoms with Gasteiger partial charge in [0.15, 0.2) is 0 Å². The van der Waals surface area contributed by atoms with Crippen molar-refractivity contribution in [1.82, 2.24) is 38.9 Å². The quantitative estimate of drug-likeness (QED) is 0.160. The zero-order valence-corrected chi connectivity index (χ0v) is 46.4. The van der Waals surface area contributed by atoms with Crippen molar-refractivity contribution in [3.8, 4) is 24.2 Å². The van der Waals surface area contributed by atoms with Crippen LogP contribution in [0.5, 0.6) is 0 Å². The third-order valence-electron chi connectivity index (χ3n) is 13.4. The smallest absolute Gasteiger partial charge is 0.410 e. The minimum atomic E-state index is -0.503. The van der Waals surface area contributed by atoms with Crippen LogP contribution in [0.1, 0.15) is 139 Å². The molecule has 15 heteroatoms. The van der Waals surface area contributed by atoms with Crippen molar-refractivity contribution in [1.29, 1.82) is 0 Å². The van der Waals surface area contributed by atoms with Gasteiger partial charge < -0.3 is 28.4 Å². The molecule has 404 valence electrons. The summed E-state index contributed by atoms with van der Waals surface area (Å²) in [5.74, 6) is 10.1. The number of fused-ring (bicyclic) bond motifs is 4. The van der Waals surface area contributed by atoms with E-state index in [1.165, 1.54) is 11.1 Å².